The smallest absolute Gasteiger partial charge is 0.422 e. The maximum Gasteiger partial charge on any atom is 0.422 e. The second kappa shape index (κ2) is 7.00. The summed E-state index contributed by atoms with van der Waals surface area (Å²) in [5.41, 5.74) is 1.23. The summed E-state index contributed by atoms with van der Waals surface area (Å²) in [6.45, 7) is -1.23. The van der Waals surface area contributed by atoms with Crippen molar-refractivity contribution < 1.29 is 17.9 Å². The zero-order valence-corrected chi connectivity index (χ0v) is 11.6. The van der Waals surface area contributed by atoms with Gasteiger partial charge in [-0.1, -0.05) is 44.2 Å². The summed E-state index contributed by atoms with van der Waals surface area (Å²) in [5, 5.41) is 0. The molecule has 0 saturated heterocycles. The van der Waals surface area contributed by atoms with Gasteiger partial charge in [0.25, 0.3) is 0 Å². The first-order chi connectivity index (χ1) is 9.54. The van der Waals surface area contributed by atoms with Crippen molar-refractivity contribution in [2.24, 2.45) is 0 Å². The summed E-state index contributed by atoms with van der Waals surface area (Å²) in [6, 6.07) is 7.13. The molecule has 20 heavy (non-hydrogen) atoms. The molecule has 0 aliphatic heterocycles. The van der Waals surface area contributed by atoms with Crippen LogP contribution in [0.1, 0.15) is 56.4 Å². The molecule has 0 aromatic heterocycles. The Balaban J connectivity index is 1.92. The molecular formula is C16H21F3O. The van der Waals surface area contributed by atoms with Gasteiger partial charge in [0, 0.05) is 0 Å². The Morgan fingerprint density at radius 2 is 1.45 bits per heavy atom. The van der Waals surface area contributed by atoms with Crippen LogP contribution >= 0.6 is 0 Å². The van der Waals surface area contributed by atoms with Crippen molar-refractivity contribution in [2.45, 2.75) is 57.0 Å². The topological polar surface area (TPSA) is 9.23 Å². The summed E-state index contributed by atoms with van der Waals surface area (Å²) < 4.78 is 40.9. The molecular weight excluding hydrogens is 265 g/mol. The maximum absolute atomic E-state index is 12.1. The van der Waals surface area contributed by atoms with Crippen LogP contribution in [0.25, 0.3) is 0 Å². The van der Waals surface area contributed by atoms with Crippen LogP contribution in [0.15, 0.2) is 24.3 Å². The first kappa shape index (κ1) is 15.2. The van der Waals surface area contributed by atoms with E-state index in [2.05, 4.69) is 0 Å². The largest absolute Gasteiger partial charge is 0.484 e. The van der Waals surface area contributed by atoms with Crippen molar-refractivity contribution in [2.75, 3.05) is 6.61 Å². The standard InChI is InChI=1S/C16H21F3O/c17-16(18,19)12-20-15-10-8-14(9-11-15)13-6-4-2-1-3-5-7-13/h8-11,13H,1-7,12H2. The second-order valence-electron chi connectivity index (χ2n) is 5.51. The molecule has 1 aliphatic carbocycles. The zero-order chi connectivity index (χ0) is 14.4. The molecule has 1 saturated carbocycles. The lowest BCUT2D eigenvalue weighted by Crippen LogP contribution is -2.19. The molecule has 4 heteroatoms. The van der Waals surface area contributed by atoms with E-state index < -0.39 is 12.8 Å². The van der Waals surface area contributed by atoms with Crippen molar-refractivity contribution in [3.8, 4) is 5.75 Å². The van der Waals surface area contributed by atoms with Gasteiger partial charge in [-0.3, -0.25) is 0 Å². The molecule has 0 amide bonds. The van der Waals surface area contributed by atoms with Gasteiger partial charge in [-0.25, -0.2) is 0 Å². The Hall–Kier alpha value is -1.19. The van der Waals surface area contributed by atoms with Crippen LogP contribution in [0.4, 0.5) is 13.2 Å². The molecule has 0 unspecified atom stereocenters. The highest BCUT2D eigenvalue weighted by Gasteiger charge is 2.28. The fourth-order valence-electron chi connectivity index (χ4n) is 2.79. The minimum absolute atomic E-state index is 0.289. The van der Waals surface area contributed by atoms with Gasteiger partial charge in [0.2, 0.25) is 0 Å². The molecule has 0 atom stereocenters. The third-order valence-corrected chi connectivity index (χ3v) is 3.86. The Morgan fingerprint density at radius 1 is 0.900 bits per heavy atom. The minimum Gasteiger partial charge on any atom is -0.484 e. The lowest BCUT2D eigenvalue weighted by Gasteiger charge is -2.20. The zero-order valence-electron chi connectivity index (χ0n) is 11.6. The molecule has 1 aliphatic rings. The van der Waals surface area contributed by atoms with E-state index in [4.69, 9.17) is 4.74 Å². The van der Waals surface area contributed by atoms with E-state index in [1.165, 1.54) is 50.5 Å². The summed E-state index contributed by atoms with van der Waals surface area (Å²) in [5.74, 6) is 0.837. The highest BCUT2D eigenvalue weighted by atomic mass is 19.4. The van der Waals surface area contributed by atoms with Crippen LogP contribution < -0.4 is 4.74 Å². The van der Waals surface area contributed by atoms with Gasteiger partial charge in [-0.15, -0.1) is 0 Å². The number of benzene rings is 1. The number of rotatable bonds is 3. The Labute approximate surface area is 118 Å². The second-order valence-corrected chi connectivity index (χ2v) is 5.51. The molecule has 0 spiro atoms. The van der Waals surface area contributed by atoms with E-state index >= 15 is 0 Å². The van der Waals surface area contributed by atoms with Crippen LogP contribution in [0.2, 0.25) is 0 Å². The lowest BCUT2D eigenvalue weighted by molar-refractivity contribution is -0.153. The normalized spacial score (nSPS) is 18.4. The molecule has 0 N–H and O–H groups in total. The maximum atomic E-state index is 12.1. The summed E-state index contributed by atoms with van der Waals surface area (Å²) in [7, 11) is 0. The van der Waals surface area contributed by atoms with Crippen molar-refractivity contribution in [1.29, 1.82) is 0 Å². The summed E-state index contributed by atoms with van der Waals surface area (Å²) in [6.07, 6.45) is 4.50. The van der Waals surface area contributed by atoms with Crippen molar-refractivity contribution in [3.63, 3.8) is 0 Å². The Kier molecular flexibility index (Phi) is 5.32. The van der Waals surface area contributed by atoms with Crippen molar-refractivity contribution in [3.05, 3.63) is 29.8 Å². The average Bonchev–Trinajstić information content (AvgIpc) is 2.36. The summed E-state index contributed by atoms with van der Waals surface area (Å²) in [4.78, 5) is 0. The number of halogens is 3. The highest BCUT2D eigenvalue weighted by Crippen LogP contribution is 2.31. The minimum atomic E-state index is -4.28. The number of alkyl halides is 3. The molecule has 1 nitrogen and oxygen atoms in total. The van der Waals surface area contributed by atoms with Gasteiger partial charge in [-0.2, -0.15) is 13.2 Å². The number of hydrogen-bond donors (Lipinski definition) is 0. The number of hydrogen-bond acceptors (Lipinski definition) is 1. The van der Waals surface area contributed by atoms with Crippen molar-refractivity contribution >= 4 is 0 Å². The molecule has 0 radical (unpaired) electrons. The summed E-state index contributed by atoms with van der Waals surface area (Å²) >= 11 is 0. The lowest BCUT2D eigenvalue weighted by atomic mass is 9.86. The average molecular weight is 286 g/mol. The monoisotopic (exact) mass is 286 g/mol. The highest BCUT2D eigenvalue weighted by molar-refractivity contribution is 5.29. The van der Waals surface area contributed by atoms with Crippen molar-refractivity contribution in [1.82, 2.24) is 0 Å². The third kappa shape index (κ3) is 5.06. The van der Waals surface area contributed by atoms with Crippen LogP contribution in [0, 0.1) is 0 Å². The Morgan fingerprint density at radius 3 is 2.00 bits per heavy atom. The van der Waals surface area contributed by atoms with Gasteiger partial charge >= 0.3 is 6.18 Å². The van der Waals surface area contributed by atoms with E-state index in [9.17, 15) is 13.2 Å². The van der Waals surface area contributed by atoms with E-state index in [1.54, 1.807) is 12.1 Å². The number of ether oxygens (including phenoxy) is 1. The first-order valence-corrected chi connectivity index (χ1v) is 7.34. The van der Waals surface area contributed by atoms with E-state index in [-0.39, 0.29) is 5.75 Å². The van der Waals surface area contributed by atoms with E-state index in [0.717, 1.165) is 0 Å². The quantitative estimate of drug-likeness (QED) is 0.717. The fraction of sp³-hybridized carbons (Fsp3) is 0.625. The molecule has 1 aromatic rings. The van der Waals surface area contributed by atoms with Crippen LogP contribution in [0.5, 0.6) is 5.75 Å². The van der Waals surface area contributed by atoms with Gasteiger partial charge in [0.1, 0.15) is 5.75 Å². The third-order valence-electron chi connectivity index (χ3n) is 3.86. The fourth-order valence-corrected chi connectivity index (χ4v) is 2.79. The molecule has 112 valence electrons. The SMILES string of the molecule is FC(F)(F)COc1ccc(C2CCCCCCC2)cc1. The van der Waals surface area contributed by atoms with Gasteiger partial charge in [-0.05, 0) is 36.5 Å². The first-order valence-electron chi connectivity index (χ1n) is 7.34. The van der Waals surface area contributed by atoms with E-state index in [1.807, 2.05) is 12.1 Å². The molecule has 0 bridgehead atoms. The van der Waals surface area contributed by atoms with Crippen LogP contribution in [0.3, 0.4) is 0 Å². The predicted molar refractivity (Wildman–Crippen MR) is 73.1 cm³/mol. The predicted octanol–water partition coefficient (Wildman–Crippen LogP) is 5.46. The Bertz CT molecular complexity index is 389. The molecule has 1 fully saturated rings. The molecule has 0 heterocycles. The van der Waals surface area contributed by atoms with E-state index in [0.29, 0.717) is 5.92 Å². The van der Waals surface area contributed by atoms with Gasteiger partial charge in [0.15, 0.2) is 6.61 Å². The molecule has 1 aromatic carbocycles. The van der Waals surface area contributed by atoms with Crippen LogP contribution in [-0.4, -0.2) is 12.8 Å². The van der Waals surface area contributed by atoms with Gasteiger partial charge in [0.05, 0.1) is 0 Å². The molecule has 2 rings (SSSR count). The van der Waals surface area contributed by atoms with Gasteiger partial charge < -0.3 is 4.74 Å². The van der Waals surface area contributed by atoms with Crippen LogP contribution in [-0.2, 0) is 0 Å².